The normalized spacial score (nSPS) is 10.2. The molecule has 0 aliphatic heterocycles. The Kier molecular flexibility index (Phi) is 4.75. The minimum absolute atomic E-state index is 0.0644. The third kappa shape index (κ3) is 3.70. The molecule has 2 rings (SSSR count). The quantitative estimate of drug-likeness (QED) is 0.862. The summed E-state index contributed by atoms with van der Waals surface area (Å²) < 4.78 is 19.1. The molecule has 21 heavy (non-hydrogen) atoms. The van der Waals surface area contributed by atoms with Crippen molar-refractivity contribution in [3.8, 4) is 5.75 Å². The Morgan fingerprint density at radius 2 is 2.05 bits per heavy atom. The highest BCUT2D eigenvalue weighted by Gasteiger charge is 2.09. The van der Waals surface area contributed by atoms with E-state index in [1.165, 1.54) is 6.07 Å². The molecule has 110 valence electrons. The second kappa shape index (κ2) is 6.54. The topological polar surface area (TPSA) is 38.5 Å². The van der Waals surface area contributed by atoms with Gasteiger partial charge in [-0.05, 0) is 35.9 Å². The molecule has 0 aromatic heterocycles. The van der Waals surface area contributed by atoms with Crippen molar-refractivity contribution in [3.63, 3.8) is 0 Å². The van der Waals surface area contributed by atoms with Gasteiger partial charge < -0.3 is 15.4 Å². The van der Waals surface area contributed by atoms with Gasteiger partial charge in [0, 0.05) is 24.8 Å². The van der Waals surface area contributed by atoms with Gasteiger partial charge >= 0.3 is 0 Å². The van der Waals surface area contributed by atoms with Gasteiger partial charge in [0.1, 0.15) is 16.6 Å². The van der Waals surface area contributed by atoms with Gasteiger partial charge in [0.05, 0.1) is 7.11 Å². The molecule has 0 unspecified atom stereocenters. The summed E-state index contributed by atoms with van der Waals surface area (Å²) in [5.74, 6) is 0.397. The molecule has 0 saturated heterocycles. The van der Waals surface area contributed by atoms with E-state index in [9.17, 15) is 4.39 Å². The van der Waals surface area contributed by atoms with Crippen molar-refractivity contribution < 1.29 is 9.13 Å². The standard InChI is InChI=1S/C16H17FN2OS/c1-19(10-11-4-3-5-13(8-11)20-2)12-6-7-14(16(18)21)15(17)9-12/h3-9H,10H2,1-2H3,(H2,18,21). The third-order valence-corrected chi connectivity index (χ3v) is 3.43. The molecule has 3 nitrogen and oxygen atoms in total. The first-order valence-corrected chi connectivity index (χ1v) is 6.85. The molecule has 0 saturated carbocycles. The van der Waals surface area contributed by atoms with Crippen molar-refractivity contribution in [3.05, 3.63) is 59.4 Å². The highest BCUT2D eigenvalue weighted by molar-refractivity contribution is 7.80. The maximum absolute atomic E-state index is 13.9. The number of rotatable bonds is 5. The summed E-state index contributed by atoms with van der Waals surface area (Å²) in [5, 5.41) is 0. The molecule has 0 fully saturated rings. The lowest BCUT2D eigenvalue weighted by atomic mass is 10.1. The Labute approximate surface area is 129 Å². The number of thiocarbonyl (C=S) groups is 1. The Bertz CT molecular complexity index is 660. The van der Waals surface area contributed by atoms with Crippen LogP contribution in [-0.4, -0.2) is 19.1 Å². The Morgan fingerprint density at radius 1 is 1.29 bits per heavy atom. The smallest absolute Gasteiger partial charge is 0.135 e. The predicted molar refractivity (Wildman–Crippen MR) is 87.4 cm³/mol. The van der Waals surface area contributed by atoms with Crippen LogP contribution < -0.4 is 15.4 Å². The number of nitrogens with zero attached hydrogens (tertiary/aromatic N) is 1. The molecule has 0 bridgehead atoms. The number of methoxy groups -OCH3 is 1. The maximum atomic E-state index is 13.9. The van der Waals surface area contributed by atoms with Gasteiger partial charge in [0.2, 0.25) is 0 Å². The lowest BCUT2D eigenvalue weighted by molar-refractivity contribution is 0.414. The molecular formula is C16H17FN2OS. The van der Waals surface area contributed by atoms with Crippen LogP contribution in [0.3, 0.4) is 0 Å². The number of hydrogen-bond donors (Lipinski definition) is 1. The number of benzene rings is 2. The molecule has 0 radical (unpaired) electrons. The zero-order valence-corrected chi connectivity index (χ0v) is 12.8. The summed E-state index contributed by atoms with van der Waals surface area (Å²) >= 11 is 4.80. The fourth-order valence-electron chi connectivity index (χ4n) is 2.08. The van der Waals surface area contributed by atoms with Gasteiger partial charge in [0.15, 0.2) is 0 Å². The van der Waals surface area contributed by atoms with E-state index < -0.39 is 5.82 Å². The fourth-order valence-corrected chi connectivity index (χ4v) is 2.24. The van der Waals surface area contributed by atoms with Gasteiger partial charge in [-0.1, -0.05) is 24.4 Å². The lowest BCUT2D eigenvalue weighted by Crippen LogP contribution is -2.18. The molecule has 0 amide bonds. The van der Waals surface area contributed by atoms with Crippen LogP contribution in [0.5, 0.6) is 5.75 Å². The van der Waals surface area contributed by atoms with Crippen LogP contribution in [-0.2, 0) is 6.54 Å². The highest BCUT2D eigenvalue weighted by atomic mass is 32.1. The molecule has 2 aromatic rings. The molecule has 2 N–H and O–H groups in total. The van der Waals surface area contributed by atoms with Crippen molar-refractivity contribution in [1.82, 2.24) is 0 Å². The highest BCUT2D eigenvalue weighted by Crippen LogP contribution is 2.21. The van der Waals surface area contributed by atoms with E-state index in [0.717, 1.165) is 17.0 Å². The zero-order valence-electron chi connectivity index (χ0n) is 12.0. The van der Waals surface area contributed by atoms with Crippen molar-refractivity contribution in [1.29, 1.82) is 0 Å². The van der Waals surface area contributed by atoms with Crippen molar-refractivity contribution in [2.24, 2.45) is 5.73 Å². The van der Waals surface area contributed by atoms with Crippen molar-refractivity contribution in [2.75, 3.05) is 19.1 Å². The van der Waals surface area contributed by atoms with Gasteiger partial charge in [-0.15, -0.1) is 0 Å². The minimum atomic E-state index is -0.405. The van der Waals surface area contributed by atoms with Crippen molar-refractivity contribution >= 4 is 22.9 Å². The lowest BCUT2D eigenvalue weighted by Gasteiger charge is -2.20. The van der Waals surface area contributed by atoms with Crippen LogP contribution in [0.25, 0.3) is 0 Å². The van der Waals surface area contributed by atoms with Crippen LogP contribution in [0, 0.1) is 5.82 Å². The number of hydrogen-bond acceptors (Lipinski definition) is 3. The molecule has 0 aliphatic rings. The monoisotopic (exact) mass is 304 g/mol. The first-order valence-electron chi connectivity index (χ1n) is 6.44. The van der Waals surface area contributed by atoms with Gasteiger partial charge in [-0.3, -0.25) is 0 Å². The van der Waals surface area contributed by atoms with Crippen molar-refractivity contribution in [2.45, 2.75) is 6.54 Å². The molecular weight excluding hydrogens is 287 g/mol. The largest absolute Gasteiger partial charge is 0.497 e. The molecule has 2 aromatic carbocycles. The first-order chi connectivity index (χ1) is 10.0. The van der Waals surface area contributed by atoms with Gasteiger partial charge in [-0.25, -0.2) is 4.39 Å². The van der Waals surface area contributed by atoms with Gasteiger partial charge in [0.25, 0.3) is 0 Å². The first kappa shape index (κ1) is 15.3. The Hall–Kier alpha value is -2.14. The SMILES string of the molecule is COc1cccc(CN(C)c2ccc(C(N)=S)c(F)c2)c1. The minimum Gasteiger partial charge on any atom is -0.497 e. The van der Waals surface area contributed by atoms with E-state index >= 15 is 0 Å². The molecule has 0 heterocycles. The average molecular weight is 304 g/mol. The summed E-state index contributed by atoms with van der Waals surface area (Å²) in [6.07, 6.45) is 0. The maximum Gasteiger partial charge on any atom is 0.135 e. The number of anilines is 1. The van der Waals surface area contributed by atoms with E-state index in [1.54, 1.807) is 19.2 Å². The van der Waals surface area contributed by atoms with Crippen LogP contribution in [0.1, 0.15) is 11.1 Å². The fraction of sp³-hybridized carbons (Fsp3) is 0.188. The van der Waals surface area contributed by atoms with E-state index in [2.05, 4.69) is 0 Å². The molecule has 0 atom stereocenters. The zero-order chi connectivity index (χ0) is 15.4. The Morgan fingerprint density at radius 3 is 2.67 bits per heavy atom. The van der Waals surface area contributed by atoms with Crippen LogP contribution in [0.2, 0.25) is 0 Å². The number of ether oxygens (including phenoxy) is 1. The van der Waals surface area contributed by atoms with E-state index in [-0.39, 0.29) is 10.6 Å². The molecule has 5 heteroatoms. The molecule has 0 spiro atoms. The van der Waals surface area contributed by atoms with Crippen LogP contribution in [0.4, 0.5) is 10.1 Å². The second-order valence-electron chi connectivity index (χ2n) is 4.74. The average Bonchev–Trinajstić information content (AvgIpc) is 2.46. The van der Waals surface area contributed by atoms with E-state index in [1.807, 2.05) is 36.2 Å². The second-order valence-corrected chi connectivity index (χ2v) is 5.18. The van der Waals surface area contributed by atoms with E-state index in [4.69, 9.17) is 22.7 Å². The van der Waals surface area contributed by atoms with Crippen LogP contribution >= 0.6 is 12.2 Å². The third-order valence-electron chi connectivity index (χ3n) is 3.21. The predicted octanol–water partition coefficient (Wildman–Crippen LogP) is 3.10. The number of nitrogens with two attached hydrogens (primary N) is 1. The van der Waals surface area contributed by atoms with E-state index in [0.29, 0.717) is 6.54 Å². The molecule has 0 aliphatic carbocycles. The van der Waals surface area contributed by atoms with Crippen LogP contribution in [0.15, 0.2) is 42.5 Å². The number of halogens is 1. The van der Waals surface area contributed by atoms with Gasteiger partial charge in [-0.2, -0.15) is 0 Å². The summed E-state index contributed by atoms with van der Waals surface area (Å²) in [7, 11) is 3.53. The summed E-state index contributed by atoms with van der Waals surface area (Å²) in [6, 6.07) is 12.6. The summed E-state index contributed by atoms with van der Waals surface area (Å²) in [6.45, 7) is 0.642. The summed E-state index contributed by atoms with van der Waals surface area (Å²) in [5.41, 5.74) is 7.57. The summed E-state index contributed by atoms with van der Waals surface area (Å²) in [4.78, 5) is 2.01. The Balaban J connectivity index is 2.18.